The maximum absolute atomic E-state index is 4.92. The highest BCUT2D eigenvalue weighted by atomic mass is 15.3. The monoisotopic (exact) mass is 366 g/mol. The molecule has 1 saturated heterocycles. The van der Waals surface area contributed by atoms with Gasteiger partial charge in [0.2, 0.25) is 5.95 Å². The van der Waals surface area contributed by atoms with Crippen LogP contribution in [0, 0.1) is 13.8 Å². The first-order chi connectivity index (χ1) is 12.8. The first-order valence-electron chi connectivity index (χ1n) is 10.0. The summed E-state index contributed by atoms with van der Waals surface area (Å²) >= 11 is 0. The van der Waals surface area contributed by atoms with Crippen LogP contribution in [0.1, 0.15) is 62.4 Å². The van der Waals surface area contributed by atoms with Gasteiger partial charge in [0.05, 0.1) is 5.69 Å². The van der Waals surface area contributed by atoms with E-state index in [0.717, 1.165) is 60.9 Å². The molecular formula is C21H30N6. The van der Waals surface area contributed by atoms with E-state index in [4.69, 9.17) is 9.97 Å². The van der Waals surface area contributed by atoms with Crippen molar-refractivity contribution in [3.05, 3.63) is 35.0 Å². The normalized spacial score (nSPS) is 18.1. The van der Waals surface area contributed by atoms with Crippen LogP contribution in [-0.2, 0) is 5.41 Å². The molecule has 2 fully saturated rings. The molecule has 2 aromatic rings. The second-order valence-electron chi connectivity index (χ2n) is 8.92. The number of aryl methyl sites for hydroxylation is 2. The molecule has 0 atom stereocenters. The quantitative estimate of drug-likeness (QED) is 0.830. The summed E-state index contributed by atoms with van der Waals surface area (Å²) in [7, 11) is 0. The number of piperazine rings is 1. The maximum atomic E-state index is 4.92. The van der Waals surface area contributed by atoms with Gasteiger partial charge in [-0.15, -0.1) is 0 Å². The van der Waals surface area contributed by atoms with Gasteiger partial charge >= 0.3 is 0 Å². The SMILES string of the molecule is Cc1cc(C)nc(N2CCN(c3cc(C(C)(C)C)nc(C4CC4)n3)CC2)n1. The van der Waals surface area contributed by atoms with Gasteiger partial charge in [0.1, 0.15) is 11.6 Å². The minimum atomic E-state index is 0.0378. The summed E-state index contributed by atoms with van der Waals surface area (Å²) < 4.78 is 0. The summed E-state index contributed by atoms with van der Waals surface area (Å²) in [5, 5.41) is 0. The standard InChI is InChI=1S/C21H30N6/c1-14-12-15(2)23-20(22-14)27-10-8-26(9-11-27)18-13-17(21(3,4)5)24-19(25-18)16-6-7-16/h12-13,16H,6-11H2,1-5H3. The molecule has 0 aromatic carbocycles. The Labute approximate surface area is 162 Å². The molecular weight excluding hydrogens is 336 g/mol. The Morgan fingerprint density at radius 1 is 0.815 bits per heavy atom. The number of hydrogen-bond acceptors (Lipinski definition) is 6. The fourth-order valence-electron chi connectivity index (χ4n) is 3.51. The topological polar surface area (TPSA) is 58.0 Å². The van der Waals surface area contributed by atoms with Crippen molar-refractivity contribution in [1.82, 2.24) is 19.9 Å². The first kappa shape index (κ1) is 18.1. The number of hydrogen-bond donors (Lipinski definition) is 0. The van der Waals surface area contributed by atoms with Crippen molar-refractivity contribution in [1.29, 1.82) is 0 Å². The van der Waals surface area contributed by atoms with Crippen LogP contribution >= 0.6 is 0 Å². The molecule has 144 valence electrons. The Kier molecular flexibility index (Phi) is 4.52. The minimum Gasteiger partial charge on any atom is -0.353 e. The van der Waals surface area contributed by atoms with Gasteiger partial charge in [0, 0.05) is 55.0 Å². The van der Waals surface area contributed by atoms with Crippen LogP contribution in [0.25, 0.3) is 0 Å². The van der Waals surface area contributed by atoms with Gasteiger partial charge in [0.15, 0.2) is 0 Å². The van der Waals surface area contributed by atoms with Crippen LogP contribution in [0.5, 0.6) is 0 Å². The molecule has 0 spiro atoms. The number of rotatable bonds is 3. The molecule has 0 radical (unpaired) electrons. The summed E-state index contributed by atoms with van der Waals surface area (Å²) in [4.78, 5) is 23.7. The van der Waals surface area contributed by atoms with E-state index in [1.807, 2.05) is 19.9 Å². The lowest BCUT2D eigenvalue weighted by Gasteiger charge is -2.36. The Balaban J connectivity index is 1.53. The van der Waals surface area contributed by atoms with Gasteiger partial charge in [-0.3, -0.25) is 0 Å². The summed E-state index contributed by atoms with van der Waals surface area (Å²) in [6.07, 6.45) is 2.45. The van der Waals surface area contributed by atoms with E-state index < -0.39 is 0 Å². The lowest BCUT2D eigenvalue weighted by Crippen LogP contribution is -2.47. The molecule has 6 nitrogen and oxygen atoms in total. The molecule has 3 heterocycles. The third kappa shape index (κ3) is 4.04. The summed E-state index contributed by atoms with van der Waals surface area (Å²) in [6, 6.07) is 4.21. The van der Waals surface area contributed by atoms with E-state index in [1.54, 1.807) is 0 Å². The molecule has 1 aliphatic heterocycles. The van der Waals surface area contributed by atoms with Crippen molar-refractivity contribution in [2.45, 2.75) is 58.8 Å². The highest BCUT2D eigenvalue weighted by molar-refractivity contribution is 5.45. The van der Waals surface area contributed by atoms with Crippen LogP contribution in [0.4, 0.5) is 11.8 Å². The zero-order valence-corrected chi connectivity index (χ0v) is 17.2. The smallest absolute Gasteiger partial charge is 0.225 e. The summed E-state index contributed by atoms with van der Waals surface area (Å²) in [6.45, 7) is 14.4. The van der Waals surface area contributed by atoms with Crippen molar-refractivity contribution >= 4 is 11.8 Å². The van der Waals surface area contributed by atoms with Crippen LogP contribution in [0.15, 0.2) is 12.1 Å². The van der Waals surface area contributed by atoms with E-state index in [1.165, 1.54) is 12.8 Å². The molecule has 0 bridgehead atoms. The van der Waals surface area contributed by atoms with Gasteiger partial charge in [-0.25, -0.2) is 19.9 Å². The predicted molar refractivity (Wildman–Crippen MR) is 109 cm³/mol. The van der Waals surface area contributed by atoms with E-state index in [-0.39, 0.29) is 5.41 Å². The molecule has 2 aromatic heterocycles. The first-order valence-corrected chi connectivity index (χ1v) is 10.0. The molecule has 1 aliphatic carbocycles. The summed E-state index contributed by atoms with van der Waals surface area (Å²) in [5.41, 5.74) is 3.24. The minimum absolute atomic E-state index is 0.0378. The Hall–Kier alpha value is -2.24. The second kappa shape index (κ2) is 6.73. The Morgan fingerprint density at radius 3 is 1.96 bits per heavy atom. The van der Waals surface area contributed by atoms with Crippen molar-refractivity contribution in [2.75, 3.05) is 36.0 Å². The zero-order chi connectivity index (χ0) is 19.2. The largest absolute Gasteiger partial charge is 0.353 e. The number of nitrogens with zero attached hydrogens (tertiary/aromatic N) is 6. The highest BCUT2D eigenvalue weighted by Gasteiger charge is 2.30. The van der Waals surface area contributed by atoms with E-state index >= 15 is 0 Å². The second-order valence-corrected chi connectivity index (χ2v) is 8.92. The van der Waals surface area contributed by atoms with Gasteiger partial charge in [-0.05, 0) is 32.8 Å². The van der Waals surface area contributed by atoms with Crippen LogP contribution in [-0.4, -0.2) is 46.1 Å². The lowest BCUT2D eigenvalue weighted by molar-refractivity contribution is 0.559. The van der Waals surface area contributed by atoms with Gasteiger partial charge in [-0.2, -0.15) is 0 Å². The third-order valence-electron chi connectivity index (χ3n) is 5.30. The Bertz CT molecular complexity index is 809. The van der Waals surface area contributed by atoms with E-state index in [9.17, 15) is 0 Å². The highest BCUT2D eigenvalue weighted by Crippen LogP contribution is 2.39. The molecule has 0 N–H and O–H groups in total. The van der Waals surface area contributed by atoms with Gasteiger partial charge < -0.3 is 9.80 Å². The fourth-order valence-corrected chi connectivity index (χ4v) is 3.51. The Morgan fingerprint density at radius 2 is 1.41 bits per heavy atom. The molecule has 0 amide bonds. The van der Waals surface area contributed by atoms with E-state index in [0.29, 0.717) is 5.92 Å². The van der Waals surface area contributed by atoms with Gasteiger partial charge in [0.25, 0.3) is 0 Å². The predicted octanol–water partition coefficient (Wildman–Crippen LogP) is 3.38. The van der Waals surface area contributed by atoms with Crippen LogP contribution in [0.3, 0.4) is 0 Å². The maximum Gasteiger partial charge on any atom is 0.225 e. The van der Waals surface area contributed by atoms with Crippen molar-refractivity contribution in [2.24, 2.45) is 0 Å². The van der Waals surface area contributed by atoms with Crippen LogP contribution in [0.2, 0.25) is 0 Å². The van der Waals surface area contributed by atoms with Gasteiger partial charge in [-0.1, -0.05) is 20.8 Å². The number of anilines is 2. The zero-order valence-electron chi connectivity index (χ0n) is 17.2. The molecule has 6 heteroatoms. The van der Waals surface area contributed by atoms with E-state index in [2.05, 4.69) is 46.6 Å². The molecule has 27 heavy (non-hydrogen) atoms. The van der Waals surface area contributed by atoms with Crippen LogP contribution < -0.4 is 9.80 Å². The van der Waals surface area contributed by atoms with Crippen molar-refractivity contribution in [3.8, 4) is 0 Å². The summed E-state index contributed by atoms with van der Waals surface area (Å²) in [5.74, 6) is 3.54. The average molecular weight is 367 g/mol. The lowest BCUT2D eigenvalue weighted by atomic mass is 9.91. The molecule has 1 saturated carbocycles. The van der Waals surface area contributed by atoms with Crippen molar-refractivity contribution in [3.63, 3.8) is 0 Å². The number of aromatic nitrogens is 4. The third-order valence-corrected chi connectivity index (χ3v) is 5.30. The average Bonchev–Trinajstić information content (AvgIpc) is 3.45. The van der Waals surface area contributed by atoms with Crippen molar-refractivity contribution < 1.29 is 0 Å². The fraction of sp³-hybridized carbons (Fsp3) is 0.619. The molecule has 2 aliphatic rings. The molecule has 0 unspecified atom stereocenters. The molecule has 4 rings (SSSR count).